The van der Waals surface area contributed by atoms with E-state index in [9.17, 15) is 17.2 Å². The van der Waals surface area contributed by atoms with Crippen LogP contribution in [0, 0.1) is 5.41 Å². The third-order valence-electron chi connectivity index (χ3n) is 6.98. The maximum atomic E-state index is 13.6. The number of halogens is 2. The molecule has 3 aromatic rings. The quantitative estimate of drug-likeness (QED) is 0.467. The van der Waals surface area contributed by atoms with Crippen LogP contribution in [-0.4, -0.2) is 61.7 Å². The SMILES string of the molecule is CC1(C)CCN(c2cc(NS(C)(=O)=O)ccc2-c2ncc(-c3cccc(N4CCC(F)(F)CC4)n3)[nH]2)C1. The normalized spacial score (nSPS) is 19.3. The van der Waals surface area contributed by atoms with Gasteiger partial charge in [0.2, 0.25) is 10.0 Å². The zero-order chi connectivity index (χ0) is 26.4. The van der Waals surface area contributed by atoms with Gasteiger partial charge in [0, 0.05) is 50.3 Å². The number of alkyl halides is 2. The maximum absolute atomic E-state index is 13.6. The molecule has 37 heavy (non-hydrogen) atoms. The van der Waals surface area contributed by atoms with E-state index in [1.807, 2.05) is 35.2 Å². The summed E-state index contributed by atoms with van der Waals surface area (Å²) in [7, 11) is -3.42. The van der Waals surface area contributed by atoms with E-state index in [-0.39, 0.29) is 31.3 Å². The smallest absolute Gasteiger partial charge is 0.251 e. The monoisotopic (exact) mass is 530 g/mol. The van der Waals surface area contributed by atoms with Gasteiger partial charge in [-0.15, -0.1) is 0 Å². The minimum atomic E-state index is -3.42. The fourth-order valence-corrected chi connectivity index (χ4v) is 5.54. The molecule has 1 aromatic carbocycles. The second-order valence-corrected chi connectivity index (χ2v) is 12.6. The van der Waals surface area contributed by atoms with Crippen LogP contribution >= 0.6 is 0 Å². The number of aromatic amines is 1. The second-order valence-electron chi connectivity index (χ2n) is 10.8. The number of hydrogen-bond acceptors (Lipinski definition) is 6. The molecule has 0 amide bonds. The Morgan fingerprint density at radius 1 is 1.03 bits per heavy atom. The first-order valence-electron chi connectivity index (χ1n) is 12.4. The summed E-state index contributed by atoms with van der Waals surface area (Å²) >= 11 is 0. The summed E-state index contributed by atoms with van der Waals surface area (Å²) in [5, 5.41) is 0. The van der Waals surface area contributed by atoms with Gasteiger partial charge in [0.25, 0.3) is 5.92 Å². The van der Waals surface area contributed by atoms with E-state index in [2.05, 4.69) is 33.4 Å². The van der Waals surface area contributed by atoms with Crippen LogP contribution in [0.1, 0.15) is 33.1 Å². The summed E-state index contributed by atoms with van der Waals surface area (Å²) in [4.78, 5) is 16.9. The average Bonchev–Trinajstić information content (AvgIpc) is 3.45. The van der Waals surface area contributed by atoms with Gasteiger partial charge in [-0.05, 0) is 42.2 Å². The fraction of sp³-hybridized carbons (Fsp3) is 0.462. The van der Waals surface area contributed by atoms with Crippen molar-refractivity contribution in [1.82, 2.24) is 15.0 Å². The maximum Gasteiger partial charge on any atom is 0.251 e. The van der Waals surface area contributed by atoms with E-state index < -0.39 is 15.9 Å². The third-order valence-corrected chi connectivity index (χ3v) is 7.59. The predicted octanol–water partition coefficient (Wildman–Crippen LogP) is 4.98. The van der Waals surface area contributed by atoms with Gasteiger partial charge in [-0.1, -0.05) is 19.9 Å². The molecule has 0 radical (unpaired) electrons. The summed E-state index contributed by atoms with van der Waals surface area (Å²) in [6.07, 6.45) is 3.53. The Kier molecular flexibility index (Phi) is 6.37. The highest BCUT2D eigenvalue weighted by molar-refractivity contribution is 7.92. The Bertz CT molecular complexity index is 1400. The van der Waals surface area contributed by atoms with Gasteiger partial charge >= 0.3 is 0 Å². The van der Waals surface area contributed by atoms with Gasteiger partial charge in [0.1, 0.15) is 11.6 Å². The molecule has 0 aliphatic carbocycles. The van der Waals surface area contributed by atoms with Crippen LogP contribution in [0.4, 0.5) is 26.0 Å². The molecule has 0 bridgehead atoms. The van der Waals surface area contributed by atoms with Crippen molar-refractivity contribution in [3.8, 4) is 22.8 Å². The molecule has 2 saturated heterocycles. The minimum Gasteiger partial charge on any atom is -0.370 e. The molecule has 2 aliphatic rings. The Hall–Kier alpha value is -3.21. The molecule has 198 valence electrons. The van der Waals surface area contributed by atoms with Gasteiger partial charge in [-0.2, -0.15) is 0 Å². The van der Waals surface area contributed by atoms with Crippen LogP contribution in [-0.2, 0) is 10.0 Å². The van der Waals surface area contributed by atoms with E-state index in [1.165, 1.54) is 0 Å². The first-order valence-corrected chi connectivity index (χ1v) is 14.3. The molecular weight excluding hydrogens is 498 g/mol. The van der Waals surface area contributed by atoms with E-state index in [4.69, 9.17) is 4.98 Å². The van der Waals surface area contributed by atoms with Crippen molar-refractivity contribution in [2.45, 2.75) is 39.0 Å². The lowest BCUT2D eigenvalue weighted by Crippen LogP contribution is -2.39. The Morgan fingerprint density at radius 2 is 1.76 bits per heavy atom. The predicted molar refractivity (Wildman–Crippen MR) is 143 cm³/mol. The van der Waals surface area contributed by atoms with Crippen LogP contribution in [0.5, 0.6) is 0 Å². The lowest BCUT2D eigenvalue weighted by molar-refractivity contribution is -0.0221. The van der Waals surface area contributed by atoms with Gasteiger partial charge in [-0.25, -0.2) is 27.2 Å². The highest BCUT2D eigenvalue weighted by Crippen LogP contribution is 2.39. The summed E-state index contributed by atoms with van der Waals surface area (Å²) in [5.41, 5.74) is 3.79. The molecule has 0 saturated carbocycles. The van der Waals surface area contributed by atoms with Crippen LogP contribution < -0.4 is 14.5 Å². The highest BCUT2D eigenvalue weighted by Gasteiger charge is 2.34. The summed E-state index contributed by atoms with van der Waals surface area (Å²) < 4.78 is 53.4. The van der Waals surface area contributed by atoms with Crippen molar-refractivity contribution >= 4 is 27.2 Å². The number of aromatic nitrogens is 3. The molecule has 0 unspecified atom stereocenters. The number of sulfonamides is 1. The summed E-state index contributed by atoms with van der Waals surface area (Å²) in [5.74, 6) is -1.30. The number of piperidine rings is 1. The molecule has 2 N–H and O–H groups in total. The van der Waals surface area contributed by atoms with E-state index in [0.29, 0.717) is 28.7 Å². The fourth-order valence-electron chi connectivity index (χ4n) is 4.99. The van der Waals surface area contributed by atoms with Gasteiger partial charge in [-0.3, -0.25) is 4.72 Å². The van der Waals surface area contributed by atoms with E-state index in [1.54, 1.807) is 12.3 Å². The molecule has 8 nitrogen and oxygen atoms in total. The number of hydrogen-bond donors (Lipinski definition) is 2. The largest absolute Gasteiger partial charge is 0.370 e. The third kappa shape index (κ3) is 5.87. The Morgan fingerprint density at radius 3 is 2.43 bits per heavy atom. The number of imidazole rings is 1. The van der Waals surface area contributed by atoms with Gasteiger partial charge < -0.3 is 14.8 Å². The number of H-pyrrole nitrogens is 1. The van der Waals surface area contributed by atoms with E-state index >= 15 is 0 Å². The molecule has 4 heterocycles. The Labute approximate surface area is 216 Å². The number of pyridine rings is 1. The lowest BCUT2D eigenvalue weighted by atomic mass is 9.93. The van der Waals surface area contributed by atoms with Crippen molar-refractivity contribution in [2.75, 3.05) is 47.0 Å². The molecule has 2 aromatic heterocycles. The molecule has 0 spiro atoms. The Balaban J connectivity index is 1.45. The first kappa shape index (κ1) is 25.4. The highest BCUT2D eigenvalue weighted by atomic mass is 32.2. The van der Waals surface area contributed by atoms with Crippen LogP contribution in [0.25, 0.3) is 22.8 Å². The first-order chi connectivity index (χ1) is 17.4. The number of nitrogens with one attached hydrogen (secondary N) is 2. The van der Waals surface area contributed by atoms with Crippen molar-refractivity contribution in [1.29, 1.82) is 0 Å². The molecule has 2 aliphatic heterocycles. The average molecular weight is 531 g/mol. The van der Waals surface area contributed by atoms with E-state index in [0.717, 1.165) is 37.0 Å². The van der Waals surface area contributed by atoms with Gasteiger partial charge in [0.05, 0.1) is 29.5 Å². The molecule has 5 rings (SSSR count). The van der Waals surface area contributed by atoms with Crippen molar-refractivity contribution in [3.05, 3.63) is 42.6 Å². The molecule has 0 atom stereocenters. The van der Waals surface area contributed by atoms with Crippen LogP contribution in [0.15, 0.2) is 42.6 Å². The van der Waals surface area contributed by atoms with Crippen molar-refractivity contribution in [2.24, 2.45) is 5.41 Å². The summed E-state index contributed by atoms with van der Waals surface area (Å²) in [6, 6.07) is 11.0. The number of nitrogens with zero attached hydrogens (tertiary/aromatic N) is 4. The zero-order valence-electron chi connectivity index (χ0n) is 21.3. The molecule has 11 heteroatoms. The standard InChI is InChI=1S/C26H32F2N6O2S/c1-25(2)9-12-34(17-25)22-15-18(32-37(3,35)36)7-8-19(22)24-29-16-21(31-24)20-5-4-6-23(30-20)33-13-10-26(27,28)11-14-33/h4-8,15-16,32H,9-14,17H2,1-3H3,(H,29,31). The van der Waals surface area contributed by atoms with Crippen LogP contribution in [0.2, 0.25) is 0 Å². The van der Waals surface area contributed by atoms with Gasteiger partial charge in [0.15, 0.2) is 0 Å². The lowest BCUT2D eigenvalue weighted by Gasteiger charge is -2.32. The number of anilines is 3. The molecular formula is C26H32F2N6O2S. The number of benzene rings is 1. The minimum absolute atomic E-state index is 0.147. The topological polar surface area (TPSA) is 94.2 Å². The zero-order valence-corrected chi connectivity index (χ0v) is 22.1. The van der Waals surface area contributed by atoms with Crippen molar-refractivity contribution in [3.63, 3.8) is 0 Å². The number of rotatable bonds is 6. The van der Waals surface area contributed by atoms with Crippen LogP contribution in [0.3, 0.4) is 0 Å². The molecule has 2 fully saturated rings. The van der Waals surface area contributed by atoms with Crippen molar-refractivity contribution < 1.29 is 17.2 Å². The second kappa shape index (κ2) is 9.27. The summed E-state index contributed by atoms with van der Waals surface area (Å²) in [6.45, 7) is 6.67.